The maximum atomic E-state index is 11.9. The molecule has 0 aliphatic rings. The van der Waals surface area contributed by atoms with Crippen LogP contribution in [0.15, 0.2) is 70.8 Å². The molecule has 0 fully saturated rings. The predicted octanol–water partition coefficient (Wildman–Crippen LogP) is 3.20. The Morgan fingerprint density at radius 3 is 2.79 bits per heavy atom. The van der Waals surface area contributed by atoms with Crippen LogP contribution in [0.5, 0.6) is 5.75 Å². The zero-order chi connectivity index (χ0) is 17.4. The lowest BCUT2D eigenvalue weighted by atomic mass is 10.1. The Hall–Kier alpha value is -2.44. The van der Waals surface area contributed by atoms with Crippen LogP contribution < -0.4 is 10.2 Å². The third kappa shape index (κ3) is 5.04. The molecule has 0 aromatic heterocycles. The Labute approximate surface area is 148 Å². The standard InChI is InChI=1S/C18H17BrN2O3/c1-2-10-24-16-9-8-15(19)11-14(16)12-20-21-18(23)17(22)13-6-4-3-5-7-13/h2-9,11-12,17,22H,1,10H2,(H,21,23)/b20-12-/t17-/m1/s1. The smallest absolute Gasteiger partial charge is 0.273 e. The van der Waals surface area contributed by atoms with Crippen LogP contribution in [0.25, 0.3) is 0 Å². The van der Waals surface area contributed by atoms with Gasteiger partial charge in [-0.1, -0.05) is 58.9 Å². The normalized spacial score (nSPS) is 11.9. The zero-order valence-electron chi connectivity index (χ0n) is 12.9. The Morgan fingerprint density at radius 2 is 2.08 bits per heavy atom. The highest BCUT2D eigenvalue weighted by Crippen LogP contribution is 2.21. The number of halogens is 1. The van der Waals surface area contributed by atoms with Crippen LogP contribution >= 0.6 is 15.9 Å². The van der Waals surface area contributed by atoms with E-state index in [1.165, 1.54) is 6.21 Å². The fourth-order valence-electron chi connectivity index (χ4n) is 1.91. The second kappa shape index (κ2) is 9.00. The van der Waals surface area contributed by atoms with E-state index in [4.69, 9.17) is 4.74 Å². The van der Waals surface area contributed by atoms with Gasteiger partial charge >= 0.3 is 0 Å². The van der Waals surface area contributed by atoms with Crippen LogP contribution in [-0.4, -0.2) is 23.8 Å². The van der Waals surface area contributed by atoms with Gasteiger partial charge in [0.2, 0.25) is 0 Å². The van der Waals surface area contributed by atoms with Gasteiger partial charge in [0.15, 0.2) is 6.10 Å². The first-order valence-corrected chi connectivity index (χ1v) is 8.00. The summed E-state index contributed by atoms with van der Waals surface area (Å²) in [6, 6.07) is 14.1. The number of amides is 1. The average Bonchev–Trinajstić information content (AvgIpc) is 2.61. The minimum Gasteiger partial charge on any atom is -0.489 e. The molecule has 2 aromatic carbocycles. The summed E-state index contributed by atoms with van der Waals surface area (Å²) in [7, 11) is 0. The van der Waals surface area contributed by atoms with Gasteiger partial charge in [0.05, 0.1) is 6.21 Å². The van der Waals surface area contributed by atoms with E-state index in [1.54, 1.807) is 36.4 Å². The van der Waals surface area contributed by atoms with E-state index < -0.39 is 12.0 Å². The minimum atomic E-state index is -1.28. The van der Waals surface area contributed by atoms with Gasteiger partial charge in [0, 0.05) is 10.0 Å². The molecule has 0 radical (unpaired) electrons. The quantitative estimate of drug-likeness (QED) is 0.434. The van der Waals surface area contributed by atoms with E-state index in [1.807, 2.05) is 18.2 Å². The highest BCUT2D eigenvalue weighted by molar-refractivity contribution is 9.10. The van der Waals surface area contributed by atoms with Gasteiger partial charge in [-0.3, -0.25) is 4.79 Å². The highest BCUT2D eigenvalue weighted by Gasteiger charge is 2.16. The molecule has 0 unspecified atom stereocenters. The number of rotatable bonds is 7. The van der Waals surface area contributed by atoms with Crippen molar-refractivity contribution < 1.29 is 14.6 Å². The molecule has 2 aromatic rings. The molecular weight excluding hydrogens is 372 g/mol. The number of benzene rings is 2. The summed E-state index contributed by atoms with van der Waals surface area (Å²) in [4.78, 5) is 11.9. The van der Waals surface area contributed by atoms with Crippen molar-refractivity contribution in [1.29, 1.82) is 0 Å². The highest BCUT2D eigenvalue weighted by atomic mass is 79.9. The fraction of sp³-hybridized carbons (Fsp3) is 0.111. The van der Waals surface area contributed by atoms with Crippen molar-refractivity contribution in [3.05, 3.63) is 76.8 Å². The molecule has 2 rings (SSSR count). The number of nitrogens with zero attached hydrogens (tertiary/aromatic N) is 1. The SMILES string of the molecule is C=CCOc1ccc(Br)cc1/C=N\NC(=O)[C@H](O)c1ccccc1. The number of carbonyl (C=O) groups excluding carboxylic acids is 1. The lowest BCUT2D eigenvalue weighted by molar-refractivity contribution is -0.129. The number of hydrogen-bond acceptors (Lipinski definition) is 4. The summed E-state index contributed by atoms with van der Waals surface area (Å²) in [5, 5.41) is 13.9. The Kier molecular flexibility index (Phi) is 6.72. The van der Waals surface area contributed by atoms with Crippen molar-refractivity contribution in [3.8, 4) is 5.75 Å². The third-order valence-electron chi connectivity index (χ3n) is 3.07. The second-order valence-corrected chi connectivity index (χ2v) is 5.74. The van der Waals surface area contributed by atoms with Crippen molar-refractivity contribution in [2.75, 3.05) is 6.61 Å². The van der Waals surface area contributed by atoms with Crippen LogP contribution in [0.4, 0.5) is 0 Å². The third-order valence-corrected chi connectivity index (χ3v) is 3.56. The average molecular weight is 389 g/mol. The van der Waals surface area contributed by atoms with E-state index in [-0.39, 0.29) is 0 Å². The maximum Gasteiger partial charge on any atom is 0.273 e. The molecule has 1 atom stereocenters. The Morgan fingerprint density at radius 1 is 1.33 bits per heavy atom. The first-order valence-electron chi connectivity index (χ1n) is 7.21. The molecule has 0 spiro atoms. The predicted molar refractivity (Wildman–Crippen MR) is 97.0 cm³/mol. The first kappa shape index (κ1) is 17.9. The number of nitrogens with one attached hydrogen (secondary N) is 1. The largest absolute Gasteiger partial charge is 0.489 e. The summed E-state index contributed by atoms with van der Waals surface area (Å²) >= 11 is 3.37. The lowest BCUT2D eigenvalue weighted by Gasteiger charge is -2.09. The summed E-state index contributed by atoms with van der Waals surface area (Å²) in [6.45, 7) is 3.97. The zero-order valence-corrected chi connectivity index (χ0v) is 14.4. The van der Waals surface area contributed by atoms with E-state index in [0.29, 0.717) is 23.5 Å². The molecule has 24 heavy (non-hydrogen) atoms. The molecular formula is C18H17BrN2O3. The molecule has 1 amide bonds. The molecule has 0 saturated carbocycles. The van der Waals surface area contributed by atoms with Crippen LogP contribution in [0, 0.1) is 0 Å². The number of aliphatic hydroxyl groups excluding tert-OH is 1. The number of carbonyl (C=O) groups is 1. The van der Waals surface area contributed by atoms with Gasteiger partial charge in [-0.05, 0) is 23.8 Å². The van der Waals surface area contributed by atoms with Crippen molar-refractivity contribution in [1.82, 2.24) is 5.43 Å². The van der Waals surface area contributed by atoms with Gasteiger partial charge in [0.1, 0.15) is 12.4 Å². The maximum absolute atomic E-state index is 11.9. The number of aliphatic hydroxyl groups is 1. The van der Waals surface area contributed by atoms with Crippen molar-refractivity contribution >= 4 is 28.1 Å². The monoisotopic (exact) mass is 388 g/mol. The van der Waals surface area contributed by atoms with E-state index >= 15 is 0 Å². The minimum absolute atomic E-state index is 0.363. The molecule has 0 saturated heterocycles. The van der Waals surface area contributed by atoms with Crippen molar-refractivity contribution in [2.45, 2.75) is 6.10 Å². The van der Waals surface area contributed by atoms with Crippen molar-refractivity contribution in [2.24, 2.45) is 5.10 Å². The topological polar surface area (TPSA) is 70.9 Å². The Bertz CT molecular complexity index is 732. The summed E-state index contributed by atoms with van der Waals surface area (Å²) in [5.74, 6) is 0.000661. The van der Waals surface area contributed by atoms with Crippen LogP contribution in [-0.2, 0) is 4.79 Å². The molecule has 0 aliphatic heterocycles. The summed E-state index contributed by atoms with van der Waals surface area (Å²) in [5.41, 5.74) is 3.51. The fourth-order valence-corrected chi connectivity index (χ4v) is 2.29. The molecule has 2 N–H and O–H groups in total. The molecule has 124 valence electrons. The van der Waals surface area contributed by atoms with Gasteiger partial charge < -0.3 is 9.84 Å². The van der Waals surface area contributed by atoms with Gasteiger partial charge in [-0.15, -0.1) is 0 Å². The lowest BCUT2D eigenvalue weighted by Crippen LogP contribution is -2.25. The number of hydrogen-bond donors (Lipinski definition) is 2. The number of hydrazone groups is 1. The molecule has 0 aliphatic carbocycles. The molecule has 5 nitrogen and oxygen atoms in total. The van der Waals surface area contributed by atoms with E-state index in [0.717, 1.165) is 4.47 Å². The van der Waals surface area contributed by atoms with E-state index in [2.05, 4.69) is 33.0 Å². The van der Waals surface area contributed by atoms with Gasteiger partial charge in [-0.2, -0.15) is 5.10 Å². The summed E-state index contributed by atoms with van der Waals surface area (Å²) < 4.78 is 6.38. The first-order chi connectivity index (χ1) is 11.6. The van der Waals surface area contributed by atoms with Crippen LogP contribution in [0.3, 0.4) is 0 Å². The van der Waals surface area contributed by atoms with Crippen LogP contribution in [0.1, 0.15) is 17.2 Å². The second-order valence-electron chi connectivity index (χ2n) is 4.83. The van der Waals surface area contributed by atoms with Crippen molar-refractivity contribution in [3.63, 3.8) is 0 Å². The number of ether oxygens (including phenoxy) is 1. The summed E-state index contributed by atoms with van der Waals surface area (Å²) in [6.07, 6.45) is 1.82. The van der Waals surface area contributed by atoms with Crippen LogP contribution in [0.2, 0.25) is 0 Å². The molecule has 0 heterocycles. The molecule has 6 heteroatoms. The van der Waals surface area contributed by atoms with Gasteiger partial charge in [0.25, 0.3) is 5.91 Å². The van der Waals surface area contributed by atoms with E-state index in [9.17, 15) is 9.90 Å². The Balaban J connectivity index is 2.04. The van der Waals surface area contributed by atoms with Gasteiger partial charge in [-0.25, -0.2) is 5.43 Å². The molecule has 0 bridgehead atoms.